The highest BCUT2D eigenvalue weighted by Gasteiger charge is 2.33. The van der Waals surface area contributed by atoms with E-state index in [1.807, 2.05) is 32.9 Å². The molecule has 0 bridgehead atoms. The standard InChI is InChI=1S/C23H27F2N3O4S/c1-14-10-15(2)22(16(3)11-14)27-21(29)13-26-23(30)17-6-8-28(9-7-17)33(31,32)20-12-18(24)4-5-19(20)25/h4-5,10-12,17H,6-9,13H2,1-3H3,(H,26,30)(H,27,29). The maximum absolute atomic E-state index is 14.0. The largest absolute Gasteiger partial charge is 0.347 e. The fourth-order valence-corrected chi connectivity index (χ4v) is 5.59. The summed E-state index contributed by atoms with van der Waals surface area (Å²) in [5, 5.41) is 5.41. The highest BCUT2D eigenvalue weighted by molar-refractivity contribution is 7.89. The average molecular weight is 480 g/mol. The van der Waals surface area contributed by atoms with Crippen molar-refractivity contribution in [1.82, 2.24) is 9.62 Å². The van der Waals surface area contributed by atoms with E-state index in [4.69, 9.17) is 0 Å². The van der Waals surface area contributed by atoms with E-state index >= 15 is 0 Å². The van der Waals surface area contributed by atoms with Gasteiger partial charge < -0.3 is 10.6 Å². The maximum atomic E-state index is 14.0. The molecule has 2 aromatic rings. The Bertz CT molecular complexity index is 1150. The molecule has 178 valence electrons. The molecule has 7 nitrogen and oxygen atoms in total. The summed E-state index contributed by atoms with van der Waals surface area (Å²) in [6.45, 7) is 5.53. The Morgan fingerprint density at radius 3 is 2.24 bits per heavy atom. The molecule has 0 aromatic heterocycles. The number of aryl methyl sites for hydroxylation is 3. The number of halogens is 2. The predicted molar refractivity (Wildman–Crippen MR) is 120 cm³/mol. The number of sulfonamides is 1. The van der Waals surface area contributed by atoms with Crippen LogP contribution in [0.4, 0.5) is 14.5 Å². The summed E-state index contributed by atoms with van der Waals surface area (Å²) in [4.78, 5) is 24.1. The molecule has 0 aliphatic carbocycles. The van der Waals surface area contributed by atoms with Crippen molar-refractivity contribution in [1.29, 1.82) is 0 Å². The Balaban J connectivity index is 1.53. The number of anilines is 1. The topological polar surface area (TPSA) is 95.6 Å². The lowest BCUT2D eigenvalue weighted by molar-refractivity contribution is -0.128. The third kappa shape index (κ3) is 5.75. The SMILES string of the molecule is Cc1cc(C)c(NC(=O)CNC(=O)C2CCN(S(=O)(=O)c3cc(F)ccc3F)CC2)c(C)c1. The molecule has 1 saturated heterocycles. The number of benzene rings is 2. The molecule has 0 unspecified atom stereocenters. The van der Waals surface area contributed by atoms with E-state index in [9.17, 15) is 26.8 Å². The average Bonchev–Trinajstić information content (AvgIpc) is 2.76. The first kappa shape index (κ1) is 24.8. The van der Waals surface area contributed by atoms with E-state index in [1.165, 1.54) is 0 Å². The normalized spacial score (nSPS) is 15.3. The lowest BCUT2D eigenvalue weighted by atomic mass is 9.97. The molecule has 1 aliphatic rings. The summed E-state index contributed by atoms with van der Waals surface area (Å²) in [5.41, 5.74) is 3.65. The Morgan fingerprint density at radius 2 is 1.64 bits per heavy atom. The van der Waals surface area contributed by atoms with Gasteiger partial charge in [-0.15, -0.1) is 0 Å². The number of carbonyl (C=O) groups is 2. The molecular weight excluding hydrogens is 452 g/mol. The number of carbonyl (C=O) groups excluding carboxylic acids is 2. The fraction of sp³-hybridized carbons (Fsp3) is 0.391. The minimum atomic E-state index is -4.21. The summed E-state index contributed by atoms with van der Waals surface area (Å²) in [7, 11) is -4.21. The Morgan fingerprint density at radius 1 is 1.03 bits per heavy atom. The number of amides is 2. The smallest absolute Gasteiger partial charge is 0.246 e. The van der Waals surface area contributed by atoms with E-state index in [-0.39, 0.29) is 44.3 Å². The number of nitrogens with one attached hydrogen (secondary N) is 2. The Hall–Kier alpha value is -2.85. The third-order valence-corrected chi connectivity index (χ3v) is 7.61. The fourth-order valence-electron chi connectivity index (χ4n) is 4.04. The van der Waals surface area contributed by atoms with Gasteiger partial charge in [-0.25, -0.2) is 17.2 Å². The number of hydrogen-bond donors (Lipinski definition) is 2. The van der Waals surface area contributed by atoms with Gasteiger partial charge in [-0.05, 0) is 62.9 Å². The Kier molecular flexibility index (Phi) is 7.48. The lowest BCUT2D eigenvalue weighted by Crippen LogP contribution is -2.44. The van der Waals surface area contributed by atoms with Gasteiger partial charge in [-0.2, -0.15) is 4.31 Å². The molecule has 1 heterocycles. The van der Waals surface area contributed by atoms with Gasteiger partial charge >= 0.3 is 0 Å². The number of piperidine rings is 1. The minimum absolute atomic E-state index is 0.00960. The van der Waals surface area contributed by atoms with E-state index in [1.54, 1.807) is 0 Å². The molecule has 0 radical (unpaired) electrons. The van der Waals surface area contributed by atoms with Gasteiger partial charge in [-0.3, -0.25) is 9.59 Å². The lowest BCUT2D eigenvalue weighted by Gasteiger charge is -2.30. The molecule has 0 spiro atoms. The summed E-state index contributed by atoms with van der Waals surface area (Å²) in [6, 6.07) is 6.19. The van der Waals surface area contributed by atoms with Crippen LogP contribution < -0.4 is 10.6 Å². The molecule has 3 rings (SSSR count). The van der Waals surface area contributed by atoms with Gasteiger partial charge in [0.05, 0.1) is 6.54 Å². The zero-order valence-corrected chi connectivity index (χ0v) is 19.6. The third-order valence-electron chi connectivity index (χ3n) is 5.70. The number of rotatable bonds is 6. The van der Waals surface area contributed by atoms with Crippen molar-refractivity contribution >= 4 is 27.5 Å². The molecule has 2 N–H and O–H groups in total. The van der Waals surface area contributed by atoms with Crippen molar-refractivity contribution in [2.45, 2.75) is 38.5 Å². The summed E-state index contributed by atoms with van der Waals surface area (Å²) in [5.74, 6) is -3.07. The van der Waals surface area contributed by atoms with Crippen LogP contribution in [0.1, 0.15) is 29.5 Å². The van der Waals surface area contributed by atoms with Crippen molar-refractivity contribution < 1.29 is 26.8 Å². The zero-order chi connectivity index (χ0) is 24.3. The summed E-state index contributed by atoms with van der Waals surface area (Å²) in [6.07, 6.45) is 0.416. The first-order chi connectivity index (χ1) is 15.5. The van der Waals surface area contributed by atoms with Crippen LogP contribution in [0.5, 0.6) is 0 Å². The monoisotopic (exact) mass is 479 g/mol. The Labute approximate surface area is 192 Å². The second-order valence-electron chi connectivity index (χ2n) is 8.29. The minimum Gasteiger partial charge on any atom is -0.347 e. The van der Waals surface area contributed by atoms with Crippen molar-refractivity contribution in [3.8, 4) is 0 Å². The summed E-state index contributed by atoms with van der Waals surface area (Å²) < 4.78 is 53.8. The summed E-state index contributed by atoms with van der Waals surface area (Å²) >= 11 is 0. The molecule has 33 heavy (non-hydrogen) atoms. The molecular formula is C23H27F2N3O4S. The molecule has 2 aromatic carbocycles. The second kappa shape index (κ2) is 9.96. The van der Waals surface area contributed by atoms with Gasteiger partial charge in [0.15, 0.2) is 0 Å². The van der Waals surface area contributed by atoms with Crippen LogP contribution in [0.25, 0.3) is 0 Å². The van der Waals surface area contributed by atoms with Gasteiger partial charge in [0.1, 0.15) is 16.5 Å². The zero-order valence-electron chi connectivity index (χ0n) is 18.7. The number of nitrogens with zero attached hydrogens (tertiary/aromatic N) is 1. The van der Waals surface area contributed by atoms with Crippen LogP contribution in [-0.4, -0.2) is 44.2 Å². The van der Waals surface area contributed by atoms with E-state index in [2.05, 4.69) is 10.6 Å². The van der Waals surface area contributed by atoms with Crippen LogP contribution in [0.15, 0.2) is 35.2 Å². The maximum Gasteiger partial charge on any atom is 0.246 e. The van der Waals surface area contributed by atoms with Crippen LogP contribution in [-0.2, 0) is 19.6 Å². The first-order valence-electron chi connectivity index (χ1n) is 10.6. The van der Waals surface area contributed by atoms with Crippen LogP contribution >= 0.6 is 0 Å². The molecule has 1 fully saturated rings. The van der Waals surface area contributed by atoms with Crippen LogP contribution in [0.2, 0.25) is 0 Å². The number of hydrogen-bond acceptors (Lipinski definition) is 4. The van der Waals surface area contributed by atoms with Crippen molar-refractivity contribution in [3.05, 3.63) is 58.7 Å². The van der Waals surface area contributed by atoms with E-state index < -0.39 is 32.5 Å². The molecule has 10 heteroatoms. The quantitative estimate of drug-likeness (QED) is 0.666. The molecule has 2 amide bonds. The van der Waals surface area contributed by atoms with Crippen molar-refractivity contribution in [2.75, 3.05) is 25.0 Å². The molecule has 1 aliphatic heterocycles. The highest BCUT2D eigenvalue weighted by Crippen LogP contribution is 2.26. The van der Waals surface area contributed by atoms with Crippen molar-refractivity contribution in [2.24, 2.45) is 5.92 Å². The van der Waals surface area contributed by atoms with Crippen LogP contribution in [0.3, 0.4) is 0 Å². The molecule has 0 atom stereocenters. The van der Waals surface area contributed by atoms with Gasteiger partial charge in [-0.1, -0.05) is 17.7 Å². The predicted octanol–water partition coefficient (Wildman–Crippen LogP) is 3.05. The van der Waals surface area contributed by atoms with Gasteiger partial charge in [0, 0.05) is 24.7 Å². The van der Waals surface area contributed by atoms with Gasteiger partial charge in [0.2, 0.25) is 21.8 Å². The first-order valence-corrected chi connectivity index (χ1v) is 12.0. The molecule has 0 saturated carbocycles. The van der Waals surface area contributed by atoms with Crippen LogP contribution in [0, 0.1) is 38.3 Å². The van der Waals surface area contributed by atoms with Crippen molar-refractivity contribution in [3.63, 3.8) is 0 Å². The highest BCUT2D eigenvalue weighted by atomic mass is 32.2. The second-order valence-corrected chi connectivity index (χ2v) is 10.2. The van der Waals surface area contributed by atoms with Gasteiger partial charge in [0.25, 0.3) is 0 Å². The van der Waals surface area contributed by atoms with E-state index in [0.29, 0.717) is 11.8 Å². The van der Waals surface area contributed by atoms with E-state index in [0.717, 1.165) is 33.1 Å².